The number of carbonyl (C=O) groups is 3. The smallest absolute Gasteiger partial charge is 0.325 e. The van der Waals surface area contributed by atoms with Crippen LogP contribution in [0.1, 0.15) is 37.0 Å². The molecule has 0 bridgehead atoms. The van der Waals surface area contributed by atoms with Gasteiger partial charge in [-0.1, -0.05) is 48.9 Å². The fourth-order valence-corrected chi connectivity index (χ4v) is 3.67. The summed E-state index contributed by atoms with van der Waals surface area (Å²) in [7, 11) is 1.56. The number of rotatable bonds is 8. The summed E-state index contributed by atoms with van der Waals surface area (Å²) in [5, 5.41) is 2.74. The molecule has 2 aromatic carbocycles. The van der Waals surface area contributed by atoms with E-state index in [2.05, 4.69) is 5.32 Å². The maximum Gasteiger partial charge on any atom is 0.325 e. The van der Waals surface area contributed by atoms with Crippen LogP contribution in [-0.2, 0) is 21.7 Å². The van der Waals surface area contributed by atoms with Crippen LogP contribution in [0, 0.1) is 6.92 Å². The molecule has 4 amide bonds. The van der Waals surface area contributed by atoms with Crippen LogP contribution in [0.15, 0.2) is 48.5 Å². The summed E-state index contributed by atoms with van der Waals surface area (Å²) in [5.41, 5.74) is 1.56. The first kappa shape index (κ1) is 22.3. The van der Waals surface area contributed by atoms with Crippen LogP contribution in [0.25, 0.3) is 0 Å². The van der Waals surface area contributed by atoms with Gasteiger partial charge in [0.05, 0.1) is 7.11 Å². The Balaban J connectivity index is 1.75. The Morgan fingerprint density at radius 1 is 1.10 bits per heavy atom. The second kappa shape index (κ2) is 9.20. The first-order valence-corrected chi connectivity index (χ1v) is 10.4. The Morgan fingerprint density at radius 3 is 2.32 bits per heavy atom. The highest BCUT2D eigenvalue weighted by Gasteiger charge is 2.49. The van der Waals surface area contributed by atoms with Gasteiger partial charge in [0.15, 0.2) is 0 Å². The zero-order valence-corrected chi connectivity index (χ0v) is 18.5. The standard InChI is InChI=1S/C24H29N3O4/c1-5-14-26(15-18-8-6-17(2)7-9-18)21(28)16-27-22(29)24(3,25-23(27)30)19-10-12-20(31-4)13-11-19/h6-13H,5,14-16H2,1-4H3,(H,25,30)/t24-/m1/s1. The van der Waals surface area contributed by atoms with Gasteiger partial charge in [-0.05, 0) is 43.5 Å². The number of urea groups is 1. The molecular formula is C24H29N3O4. The van der Waals surface area contributed by atoms with Gasteiger partial charge in [-0.15, -0.1) is 0 Å². The minimum absolute atomic E-state index is 0.259. The second-order valence-corrected chi connectivity index (χ2v) is 7.98. The van der Waals surface area contributed by atoms with Crippen molar-refractivity contribution in [3.05, 3.63) is 65.2 Å². The van der Waals surface area contributed by atoms with Gasteiger partial charge in [-0.25, -0.2) is 4.79 Å². The maximum atomic E-state index is 13.1. The van der Waals surface area contributed by atoms with Crippen LogP contribution in [0.2, 0.25) is 0 Å². The van der Waals surface area contributed by atoms with Crippen molar-refractivity contribution in [3.8, 4) is 5.75 Å². The molecule has 2 aromatic rings. The summed E-state index contributed by atoms with van der Waals surface area (Å²) in [5.74, 6) is -0.0461. The minimum Gasteiger partial charge on any atom is -0.497 e. The lowest BCUT2D eigenvalue weighted by molar-refractivity contribution is -0.139. The molecule has 1 saturated heterocycles. The first-order chi connectivity index (χ1) is 14.8. The van der Waals surface area contributed by atoms with Crippen molar-refractivity contribution < 1.29 is 19.1 Å². The predicted octanol–water partition coefficient (Wildman–Crippen LogP) is 3.21. The number of hydrogen-bond acceptors (Lipinski definition) is 4. The third-order valence-corrected chi connectivity index (χ3v) is 5.58. The highest BCUT2D eigenvalue weighted by atomic mass is 16.5. The molecule has 1 heterocycles. The van der Waals surface area contributed by atoms with E-state index < -0.39 is 17.5 Å². The first-order valence-electron chi connectivity index (χ1n) is 10.4. The van der Waals surface area contributed by atoms with Crippen LogP contribution in [0.4, 0.5) is 4.79 Å². The molecule has 0 saturated carbocycles. The topological polar surface area (TPSA) is 79.0 Å². The van der Waals surface area contributed by atoms with E-state index in [1.807, 2.05) is 38.1 Å². The van der Waals surface area contributed by atoms with Gasteiger partial charge in [-0.3, -0.25) is 14.5 Å². The molecule has 3 rings (SSSR count). The Morgan fingerprint density at radius 2 is 1.74 bits per heavy atom. The Kier molecular flexibility index (Phi) is 6.63. The molecule has 1 atom stereocenters. The van der Waals surface area contributed by atoms with E-state index in [4.69, 9.17) is 4.74 Å². The van der Waals surface area contributed by atoms with E-state index in [1.165, 1.54) is 0 Å². The third kappa shape index (κ3) is 4.71. The van der Waals surface area contributed by atoms with E-state index >= 15 is 0 Å². The number of imide groups is 1. The van der Waals surface area contributed by atoms with Crippen molar-refractivity contribution in [2.75, 3.05) is 20.2 Å². The zero-order valence-electron chi connectivity index (χ0n) is 18.5. The molecule has 0 spiro atoms. The van der Waals surface area contributed by atoms with Gasteiger partial charge in [-0.2, -0.15) is 0 Å². The number of ether oxygens (including phenoxy) is 1. The van der Waals surface area contributed by atoms with Crippen molar-refractivity contribution in [2.24, 2.45) is 0 Å². The lowest BCUT2D eigenvalue weighted by Crippen LogP contribution is -2.44. The van der Waals surface area contributed by atoms with Crippen molar-refractivity contribution in [3.63, 3.8) is 0 Å². The van der Waals surface area contributed by atoms with Crippen LogP contribution in [0.5, 0.6) is 5.75 Å². The molecule has 0 radical (unpaired) electrons. The summed E-state index contributed by atoms with van der Waals surface area (Å²) in [6, 6.07) is 14.4. The van der Waals surface area contributed by atoms with Crippen LogP contribution in [0.3, 0.4) is 0 Å². The summed E-state index contributed by atoms with van der Waals surface area (Å²) >= 11 is 0. The Bertz CT molecular complexity index is 956. The van der Waals surface area contributed by atoms with E-state index in [9.17, 15) is 14.4 Å². The number of carbonyl (C=O) groups excluding carboxylic acids is 3. The fourth-order valence-electron chi connectivity index (χ4n) is 3.67. The average molecular weight is 424 g/mol. The molecular weight excluding hydrogens is 394 g/mol. The molecule has 1 N–H and O–H groups in total. The normalized spacial score (nSPS) is 18.1. The summed E-state index contributed by atoms with van der Waals surface area (Å²) in [4.78, 5) is 41.5. The number of nitrogens with zero attached hydrogens (tertiary/aromatic N) is 2. The van der Waals surface area contributed by atoms with Crippen molar-refractivity contribution in [1.82, 2.24) is 15.1 Å². The Labute approximate surface area is 183 Å². The number of aryl methyl sites for hydroxylation is 1. The van der Waals surface area contributed by atoms with E-state index in [0.717, 1.165) is 22.4 Å². The lowest BCUT2D eigenvalue weighted by atomic mass is 9.92. The highest BCUT2D eigenvalue weighted by molar-refractivity contribution is 6.09. The highest BCUT2D eigenvalue weighted by Crippen LogP contribution is 2.30. The molecule has 1 aliphatic rings. The van der Waals surface area contributed by atoms with Crippen molar-refractivity contribution >= 4 is 17.8 Å². The van der Waals surface area contributed by atoms with Crippen LogP contribution < -0.4 is 10.1 Å². The van der Waals surface area contributed by atoms with E-state index in [-0.39, 0.29) is 12.5 Å². The summed E-state index contributed by atoms with van der Waals surface area (Å²) < 4.78 is 5.16. The zero-order chi connectivity index (χ0) is 22.6. The summed E-state index contributed by atoms with van der Waals surface area (Å²) in [6.07, 6.45) is 0.779. The largest absolute Gasteiger partial charge is 0.497 e. The van der Waals surface area contributed by atoms with Crippen molar-refractivity contribution in [1.29, 1.82) is 0 Å². The molecule has 164 valence electrons. The number of hydrogen-bond donors (Lipinski definition) is 1. The molecule has 0 unspecified atom stereocenters. The van der Waals surface area contributed by atoms with Gasteiger partial charge in [0.25, 0.3) is 5.91 Å². The molecule has 31 heavy (non-hydrogen) atoms. The van der Waals surface area contributed by atoms with Gasteiger partial charge in [0.2, 0.25) is 5.91 Å². The van der Waals surface area contributed by atoms with E-state index in [1.54, 1.807) is 43.2 Å². The molecule has 0 aromatic heterocycles. The quantitative estimate of drug-likeness (QED) is 0.662. The van der Waals surface area contributed by atoms with Crippen molar-refractivity contribution in [2.45, 2.75) is 39.3 Å². The molecule has 0 aliphatic carbocycles. The van der Waals surface area contributed by atoms with Gasteiger partial charge in [0, 0.05) is 13.1 Å². The average Bonchev–Trinajstić information content (AvgIpc) is 2.98. The monoisotopic (exact) mass is 423 g/mol. The lowest BCUT2D eigenvalue weighted by Gasteiger charge is -2.25. The number of nitrogens with one attached hydrogen (secondary N) is 1. The molecule has 7 nitrogen and oxygen atoms in total. The van der Waals surface area contributed by atoms with Crippen LogP contribution in [-0.4, -0.2) is 47.8 Å². The minimum atomic E-state index is -1.23. The number of benzene rings is 2. The van der Waals surface area contributed by atoms with Gasteiger partial charge < -0.3 is 15.0 Å². The summed E-state index contributed by atoms with van der Waals surface area (Å²) in [6.45, 7) is 6.34. The van der Waals surface area contributed by atoms with E-state index in [0.29, 0.717) is 24.4 Å². The molecule has 1 aliphatic heterocycles. The fraction of sp³-hybridized carbons (Fsp3) is 0.375. The predicted molar refractivity (Wildman–Crippen MR) is 117 cm³/mol. The third-order valence-electron chi connectivity index (χ3n) is 5.58. The SMILES string of the molecule is CCCN(Cc1ccc(C)cc1)C(=O)CN1C(=O)N[C@](C)(c2ccc(OC)cc2)C1=O. The van der Waals surface area contributed by atoms with Gasteiger partial charge >= 0.3 is 6.03 Å². The maximum absolute atomic E-state index is 13.1. The van der Waals surface area contributed by atoms with Gasteiger partial charge in [0.1, 0.15) is 17.8 Å². The Hall–Kier alpha value is -3.35. The number of methoxy groups -OCH3 is 1. The van der Waals surface area contributed by atoms with Crippen LogP contribution >= 0.6 is 0 Å². The molecule has 7 heteroatoms. The second-order valence-electron chi connectivity index (χ2n) is 7.98. The number of amides is 4. The molecule has 1 fully saturated rings.